The molecule has 200 valence electrons. The number of rotatable bonds is 10. The lowest BCUT2D eigenvalue weighted by molar-refractivity contribution is 0.296. The Kier molecular flexibility index (Phi) is 8.18. The standard InChI is InChI=1S/C29H33N3O5S/c1-6-37-24-13-11-22(12-14-24)32-28(30-27-10-8-7-9-26(27)29(32)33)21(4)31(19-20(2)3)38(34,35)25-17-15-23(36-5)16-18-25/h7-18,20-21H,6,19H2,1-5H3. The van der Waals surface area contributed by atoms with Gasteiger partial charge in [-0.05, 0) is 80.4 Å². The van der Waals surface area contributed by atoms with Crippen molar-refractivity contribution in [3.05, 3.63) is 89.0 Å². The topological polar surface area (TPSA) is 90.7 Å². The summed E-state index contributed by atoms with van der Waals surface area (Å²) in [4.78, 5) is 18.8. The lowest BCUT2D eigenvalue weighted by atomic mass is 10.1. The van der Waals surface area contributed by atoms with Crippen LogP contribution in [-0.4, -0.2) is 42.5 Å². The van der Waals surface area contributed by atoms with Crippen LogP contribution in [0.1, 0.15) is 39.6 Å². The maximum Gasteiger partial charge on any atom is 0.266 e. The van der Waals surface area contributed by atoms with Crippen molar-refractivity contribution in [1.29, 1.82) is 0 Å². The second-order valence-corrected chi connectivity index (χ2v) is 11.3. The van der Waals surface area contributed by atoms with E-state index in [1.807, 2.05) is 26.8 Å². The summed E-state index contributed by atoms with van der Waals surface area (Å²) in [5.41, 5.74) is 0.811. The molecule has 4 aromatic rings. The largest absolute Gasteiger partial charge is 0.497 e. The first-order valence-corrected chi connectivity index (χ1v) is 14.0. The van der Waals surface area contributed by atoms with E-state index in [0.717, 1.165) is 0 Å². The molecule has 0 amide bonds. The van der Waals surface area contributed by atoms with E-state index in [9.17, 15) is 13.2 Å². The molecule has 0 saturated carbocycles. The van der Waals surface area contributed by atoms with Gasteiger partial charge in [0.2, 0.25) is 10.0 Å². The van der Waals surface area contributed by atoms with Crippen molar-refractivity contribution in [1.82, 2.24) is 13.9 Å². The molecule has 4 rings (SSSR count). The van der Waals surface area contributed by atoms with Crippen molar-refractivity contribution in [2.75, 3.05) is 20.3 Å². The summed E-state index contributed by atoms with van der Waals surface area (Å²) in [7, 11) is -2.42. The first-order chi connectivity index (χ1) is 18.2. The molecule has 38 heavy (non-hydrogen) atoms. The monoisotopic (exact) mass is 535 g/mol. The van der Waals surface area contributed by atoms with Gasteiger partial charge in [-0.25, -0.2) is 13.4 Å². The van der Waals surface area contributed by atoms with Crippen LogP contribution < -0.4 is 15.0 Å². The fourth-order valence-corrected chi connectivity index (χ4v) is 6.13. The number of benzene rings is 3. The molecule has 0 aliphatic heterocycles. The van der Waals surface area contributed by atoms with E-state index in [1.54, 1.807) is 61.5 Å². The molecular weight excluding hydrogens is 502 g/mol. The van der Waals surface area contributed by atoms with Crippen LogP contribution in [0.5, 0.6) is 11.5 Å². The Balaban J connectivity index is 1.91. The molecule has 0 N–H and O–H groups in total. The smallest absolute Gasteiger partial charge is 0.266 e. The molecule has 0 saturated heterocycles. The normalized spacial score (nSPS) is 12.7. The second-order valence-electron chi connectivity index (χ2n) is 9.37. The van der Waals surface area contributed by atoms with Crippen LogP contribution >= 0.6 is 0 Å². The van der Waals surface area contributed by atoms with Crippen LogP contribution in [0.15, 0.2) is 82.5 Å². The van der Waals surface area contributed by atoms with Gasteiger partial charge in [-0.2, -0.15) is 4.31 Å². The Bertz CT molecular complexity index is 1560. The van der Waals surface area contributed by atoms with Gasteiger partial charge >= 0.3 is 0 Å². The molecule has 0 fully saturated rings. The van der Waals surface area contributed by atoms with Gasteiger partial charge in [0, 0.05) is 6.54 Å². The highest BCUT2D eigenvalue weighted by atomic mass is 32.2. The lowest BCUT2D eigenvalue weighted by Gasteiger charge is -2.31. The van der Waals surface area contributed by atoms with Gasteiger partial charge in [0.05, 0.1) is 41.2 Å². The Morgan fingerprint density at radius 3 is 2.16 bits per heavy atom. The summed E-state index contributed by atoms with van der Waals surface area (Å²) in [5.74, 6) is 1.59. The Morgan fingerprint density at radius 1 is 0.921 bits per heavy atom. The third-order valence-electron chi connectivity index (χ3n) is 6.22. The Hall–Kier alpha value is -3.69. The maximum atomic E-state index is 13.9. The molecule has 0 bridgehead atoms. The van der Waals surface area contributed by atoms with E-state index < -0.39 is 16.1 Å². The molecule has 0 radical (unpaired) electrons. The van der Waals surface area contributed by atoms with E-state index in [-0.39, 0.29) is 22.9 Å². The molecule has 8 nitrogen and oxygen atoms in total. The zero-order valence-corrected chi connectivity index (χ0v) is 23.1. The van der Waals surface area contributed by atoms with Gasteiger partial charge in [-0.15, -0.1) is 0 Å². The third kappa shape index (κ3) is 5.44. The fraction of sp³-hybridized carbons (Fsp3) is 0.310. The molecule has 0 spiro atoms. The van der Waals surface area contributed by atoms with E-state index in [0.29, 0.717) is 40.5 Å². The molecule has 1 heterocycles. The van der Waals surface area contributed by atoms with Crippen molar-refractivity contribution < 1.29 is 17.9 Å². The van der Waals surface area contributed by atoms with Crippen LogP contribution in [0.3, 0.4) is 0 Å². The van der Waals surface area contributed by atoms with Gasteiger partial charge < -0.3 is 9.47 Å². The summed E-state index contributed by atoms with van der Waals surface area (Å²) in [6, 6.07) is 19.8. The first kappa shape index (κ1) is 27.3. The molecule has 0 aliphatic rings. The average molecular weight is 536 g/mol. The number of fused-ring (bicyclic) bond motifs is 1. The SMILES string of the molecule is CCOc1ccc(-n2c(C(C)N(CC(C)C)S(=O)(=O)c3ccc(OC)cc3)nc3ccccc3c2=O)cc1. The summed E-state index contributed by atoms with van der Waals surface area (Å²) in [6.45, 7) is 8.34. The number of sulfonamides is 1. The van der Waals surface area contributed by atoms with Crippen molar-refractivity contribution in [2.45, 2.75) is 38.6 Å². The molecular formula is C29H33N3O5S. The van der Waals surface area contributed by atoms with Crippen LogP contribution in [0.2, 0.25) is 0 Å². The number of aromatic nitrogens is 2. The molecule has 1 aromatic heterocycles. The number of methoxy groups -OCH3 is 1. The summed E-state index contributed by atoms with van der Waals surface area (Å²) in [6.07, 6.45) is 0. The zero-order valence-electron chi connectivity index (χ0n) is 22.3. The minimum Gasteiger partial charge on any atom is -0.497 e. The van der Waals surface area contributed by atoms with Gasteiger partial charge in [0.1, 0.15) is 17.3 Å². The van der Waals surface area contributed by atoms with Gasteiger partial charge in [-0.3, -0.25) is 9.36 Å². The minimum atomic E-state index is -3.95. The van der Waals surface area contributed by atoms with E-state index in [4.69, 9.17) is 14.5 Å². The lowest BCUT2D eigenvalue weighted by Crippen LogP contribution is -2.39. The number of nitrogens with zero attached hydrogens (tertiary/aromatic N) is 3. The average Bonchev–Trinajstić information content (AvgIpc) is 2.92. The molecule has 3 aromatic carbocycles. The van der Waals surface area contributed by atoms with E-state index >= 15 is 0 Å². The van der Waals surface area contributed by atoms with E-state index in [2.05, 4.69) is 0 Å². The molecule has 9 heteroatoms. The van der Waals surface area contributed by atoms with Crippen molar-refractivity contribution >= 4 is 20.9 Å². The van der Waals surface area contributed by atoms with Crippen LogP contribution in [0.4, 0.5) is 0 Å². The number of hydrogen-bond donors (Lipinski definition) is 0. The van der Waals surface area contributed by atoms with Gasteiger partial charge in [0.25, 0.3) is 5.56 Å². The molecule has 0 aliphatic carbocycles. The van der Waals surface area contributed by atoms with Crippen LogP contribution in [-0.2, 0) is 10.0 Å². The van der Waals surface area contributed by atoms with Crippen LogP contribution in [0.25, 0.3) is 16.6 Å². The Morgan fingerprint density at radius 2 is 1.55 bits per heavy atom. The molecule has 1 atom stereocenters. The van der Waals surface area contributed by atoms with Crippen molar-refractivity contribution in [3.63, 3.8) is 0 Å². The van der Waals surface area contributed by atoms with Gasteiger partial charge in [0.15, 0.2) is 0 Å². The summed E-state index contributed by atoms with van der Waals surface area (Å²) >= 11 is 0. The quantitative estimate of drug-likeness (QED) is 0.277. The predicted octanol–water partition coefficient (Wildman–Crippen LogP) is 5.20. The first-order valence-electron chi connectivity index (χ1n) is 12.6. The minimum absolute atomic E-state index is 0.0246. The van der Waals surface area contributed by atoms with Crippen molar-refractivity contribution in [2.24, 2.45) is 5.92 Å². The Labute approximate surface area is 223 Å². The highest BCUT2D eigenvalue weighted by Gasteiger charge is 2.33. The third-order valence-corrected chi connectivity index (χ3v) is 8.17. The highest BCUT2D eigenvalue weighted by molar-refractivity contribution is 7.89. The number of para-hydroxylation sites is 1. The fourth-order valence-electron chi connectivity index (χ4n) is 4.37. The maximum absolute atomic E-state index is 13.9. The highest BCUT2D eigenvalue weighted by Crippen LogP contribution is 2.30. The molecule has 1 unspecified atom stereocenters. The number of hydrogen-bond acceptors (Lipinski definition) is 6. The summed E-state index contributed by atoms with van der Waals surface area (Å²) in [5, 5.41) is 0.450. The van der Waals surface area contributed by atoms with Gasteiger partial charge in [-0.1, -0.05) is 26.0 Å². The predicted molar refractivity (Wildman–Crippen MR) is 149 cm³/mol. The number of ether oxygens (including phenoxy) is 2. The van der Waals surface area contributed by atoms with E-state index in [1.165, 1.54) is 28.1 Å². The van der Waals surface area contributed by atoms with Crippen molar-refractivity contribution in [3.8, 4) is 17.2 Å². The summed E-state index contributed by atoms with van der Waals surface area (Å²) < 4.78 is 41.6. The second kappa shape index (κ2) is 11.4. The zero-order chi connectivity index (χ0) is 27.4. The van der Waals surface area contributed by atoms with Crippen LogP contribution in [0, 0.1) is 5.92 Å².